The van der Waals surface area contributed by atoms with Gasteiger partial charge in [0.15, 0.2) is 0 Å². The quantitative estimate of drug-likeness (QED) is 0.262. The third-order valence-corrected chi connectivity index (χ3v) is 5.91. The number of nitro groups is 1. The largest absolute Gasteiger partial charge is 0.323 e. The minimum atomic E-state index is -3.89. The van der Waals surface area contributed by atoms with Crippen LogP contribution in [0.25, 0.3) is 6.08 Å². The molecule has 8 nitrogen and oxygen atoms in total. The maximum atomic E-state index is 12.5. The van der Waals surface area contributed by atoms with E-state index in [-0.39, 0.29) is 26.3 Å². The SMILES string of the molecule is O=C(/C=C/c1ccc([N+](=O)[O-])cc1)Nc1ccc(S(=O)(=O)Nc2cc(Cl)cc(Cl)c2)cc1. The van der Waals surface area contributed by atoms with Crippen LogP contribution in [0.4, 0.5) is 17.1 Å². The van der Waals surface area contributed by atoms with Crippen molar-refractivity contribution in [2.75, 3.05) is 10.0 Å². The van der Waals surface area contributed by atoms with Crippen molar-refractivity contribution in [1.82, 2.24) is 0 Å². The van der Waals surface area contributed by atoms with Crippen molar-refractivity contribution in [2.45, 2.75) is 4.90 Å². The highest BCUT2D eigenvalue weighted by molar-refractivity contribution is 7.92. The zero-order chi connectivity index (χ0) is 23.3. The van der Waals surface area contributed by atoms with Gasteiger partial charge in [-0.15, -0.1) is 0 Å². The predicted molar refractivity (Wildman–Crippen MR) is 124 cm³/mol. The molecule has 0 aliphatic rings. The average Bonchev–Trinajstić information content (AvgIpc) is 2.72. The highest BCUT2D eigenvalue weighted by atomic mass is 35.5. The van der Waals surface area contributed by atoms with Crippen LogP contribution in [0.3, 0.4) is 0 Å². The van der Waals surface area contributed by atoms with E-state index in [1.165, 1.54) is 78.9 Å². The highest BCUT2D eigenvalue weighted by Gasteiger charge is 2.15. The lowest BCUT2D eigenvalue weighted by atomic mass is 10.2. The van der Waals surface area contributed by atoms with Crippen LogP contribution in [-0.2, 0) is 14.8 Å². The van der Waals surface area contributed by atoms with Crippen molar-refractivity contribution < 1.29 is 18.1 Å². The van der Waals surface area contributed by atoms with Crippen LogP contribution in [0.15, 0.2) is 77.7 Å². The van der Waals surface area contributed by atoms with Gasteiger partial charge < -0.3 is 5.32 Å². The lowest BCUT2D eigenvalue weighted by Gasteiger charge is -2.10. The Morgan fingerprint density at radius 3 is 2.06 bits per heavy atom. The van der Waals surface area contributed by atoms with Crippen molar-refractivity contribution in [1.29, 1.82) is 0 Å². The lowest BCUT2D eigenvalue weighted by molar-refractivity contribution is -0.384. The molecular formula is C21H15Cl2N3O5S. The number of nitrogens with one attached hydrogen (secondary N) is 2. The van der Waals surface area contributed by atoms with Gasteiger partial charge in [0.2, 0.25) is 5.91 Å². The van der Waals surface area contributed by atoms with Crippen LogP contribution in [0.5, 0.6) is 0 Å². The van der Waals surface area contributed by atoms with Gasteiger partial charge in [0, 0.05) is 33.9 Å². The number of nitrogens with zero attached hydrogens (tertiary/aromatic N) is 1. The molecule has 0 atom stereocenters. The van der Waals surface area contributed by atoms with E-state index in [4.69, 9.17) is 23.2 Å². The third kappa shape index (κ3) is 6.30. The summed E-state index contributed by atoms with van der Waals surface area (Å²) in [5.41, 5.74) is 1.17. The Labute approximate surface area is 193 Å². The molecule has 1 amide bonds. The maximum Gasteiger partial charge on any atom is 0.269 e. The number of sulfonamides is 1. The zero-order valence-corrected chi connectivity index (χ0v) is 18.5. The molecule has 11 heteroatoms. The Bertz CT molecular complexity index is 1270. The molecule has 164 valence electrons. The topological polar surface area (TPSA) is 118 Å². The molecule has 0 bridgehead atoms. The minimum absolute atomic E-state index is 0.0204. The number of rotatable bonds is 7. The van der Waals surface area contributed by atoms with E-state index in [9.17, 15) is 23.3 Å². The number of anilines is 2. The third-order valence-electron chi connectivity index (χ3n) is 4.08. The standard InChI is InChI=1S/C21H15Cl2N3O5S/c22-15-11-16(23)13-18(12-15)25-32(30,31)20-8-4-17(5-9-20)24-21(27)10-3-14-1-6-19(7-2-14)26(28)29/h1-13,25H,(H,24,27)/b10-3+. The maximum absolute atomic E-state index is 12.5. The number of non-ortho nitro benzene ring substituents is 1. The number of hydrogen-bond donors (Lipinski definition) is 2. The van der Waals surface area contributed by atoms with Crippen molar-refractivity contribution in [3.05, 3.63) is 98.5 Å². The van der Waals surface area contributed by atoms with Crippen molar-refractivity contribution >= 4 is 62.3 Å². The number of benzene rings is 3. The van der Waals surface area contributed by atoms with Crippen molar-refractivity contribution in [2.24, 2.45) is 0 Å². The molecule has 3 aromatic carbocycles. The van der Waals surface area contributed by atoms with E-state index >= 15 is 0 Å². The number of carbonyl (C=O) groups is 1. The molecule has 2 N–H and O–H groups in total. The van der Waals surface area contributed by atoms with Crippen molar-refractivity contribution in [3.63, 3.8) is 0 Å². The number of nitro benzene ring substituents is 1. The first-order valence-corrected chi connectivity index (χ1v) is 11.2. The first-order valence-electron chi connectivity index (χ1n) is 8.95. The number of hydrogen-bond acceptors (Lipinski definition) is 5. The van der Waals surface area contributed by atoms with E-state index in [1.54, 1.807) is 0 Å². The molecule has 0 radical (unpaired) electrons. The summed E-state index contributed by atoms with van der Waals surface area (Å²) >= 11 is 11.8. The molecule has 3 aromatic rings. The Morgan fingerprint density at radius 2 is 1.50 bits per heavy atom. The second-order valence-corrected chi connectivity index (χ2v) is 9.01. The molecule has 0 saturated carbocycles. The molecular weight excluding hydrogens is 477 g/mol. The van der Waals surface area contributed by atoms with Crippen LogP contribution >= 0.6 is 23.2 Å². The normalized spacial score (nSPS) is 11.3. The predicted octanol–water partition coefficient (Wildman–Crippen LogP) is 5.35. The van der Waals surface area contributed by atoms with Gasteiger partial charge in [0.1, 0.15) is 0 Å². The molecule has 3 rings (SSSR count). The van der Waals surface area contributed by atoms with E-state index in [0.717, 1.165) is 0 Å². The summed E-state index contributed by atoms with van der Waals surface area (Å²) in [4.78, 5) is 22.2. The molecule has 32 heavy (non-hydrogen) atoms. The summed E-state index contributed by atoms with van der Waals surface area (Å²) in [7, 11) is -3.89. The van der Waals surface area contributed by atoms with Gasteiger partial charge in [0.25, 0.3) is 15.7 Å². The van der Waals surface area contributed by atoms with E-state index < -0.39 is 20.9 Å². The Morgan fingerprint density at radius 1 is 0.906 bits per heavy atom. The Hall–Kier alpha value is -3.40. The van der Waals surface area contributed by atoms with E-state index in [1.807, 2.05) is 0 Å². The average molecular weight is 492 g/mol. The molecule has 0 saturated heterocycles. The summed E-state index contributed by atoms with van der Waals surface area (Å²) < 4.78 is 27.5. The van der Waals surface area contributed by atoms with Crippen LogP contribution in [0.2, 0.25) is 10.0 Å². The molecule has 0 fully saturated rings. The smallest absolute Gasteiger partial charge is 0.269 e. The van der Waals surface area contributed by atoms with Crippen molar-refractivity contribution in [3.8, 4) is 0 Å². The van der Waals surface area contributed by atoms with Crippen LogP contribution < -0.4 is 10.0 Å². The van der Waals surface area contributed by atoms with E-state index in [0.29, 0.717) is 11.3 Å². The van der Waals surface area contributed by atoms with Gasteiger partial charge in [-0.25, -0.2) is 8.42 Å². The minimum Gasteiger partial charge on any atom is -0.323 e. The van der Waals surface area contributed by atoms with Gasteiger partial charge in [-0.2, -0.15) is 0 Å². The van der Waals surface area contributed by atoms with Crippen LogP contribution in [-0.4, -0.2) is 19.2 Å². The molecule has 0 aliphatic carbocycles. The molecule has 0 heterocycles. The molecule has 0 aromatic heterocycles. The zero-order valence-electron chi connectivity index (χ0n) is 16.2. The number of halogens is 2. The first-order chi connectivity index (χ1) is 15.1. The van der Waals surface area contributed by atoms with Gasteiger partial charge in [-0.05, 0) is 66.2 Å². The molecule has 0 aliphatic heterocycles. The van der Waals surface area contributed by atoms with Gasteiger partial charge in [0.05, 0.1) is 15.5 Å². The van der Waals surface area contributed by atoms with E-state index in [2.05, 4.69) is 10.0 Å². The fourth-order valence-corrected chi connectivity index (χ4v) is 4.17. The van der Waals surface area contributed by atoms with Gasteiger partial charge in [-0.1, -0.05) is 23.2 Å². The number of carbonyl (C=O) groups excluding carboxylic acids is 1. The monoisotopic (exact) mass is 491 g/mol. The summed E-state index contributed by atoms with van der Waals surface area (Å²) in [5, 5.41) is 13.8. The second-order valence-electron chi connectivity index (χ2n) is 6.46. The fourth-order valence-electron chi connectivity index (χ4n) is 2.61. The molecule has 0 unspecified atom stereocenters. The lowest BCUT2D eigenvalue weighted by Crippen LogP contribution is -2.13. The summed E-state index contributed by atoms with van der Waals surface area (Å²) in [5.74, 6) is -0.453. The Kier molecular flexibility index (Phi) is 7.14. The first kappa shape index (κ1) is 23.3. The second kappa shape index (κ2) is 9.82. The highest BCUT2D eigenvalue weighted by Crippen LogP contribution is 2.25. The summed E-state index contributed by atoms with van der Waals surface area (Å²) in [6.07, 6.45) is 2.76. The van der Waals surface area contributed by atoms with Crippen LogP contribution in [0, 0.1) is 10.1 Å². The number of amides is 1. The van der Waals surface area contributed by atoms with Crippen LogP contribution in [0.1, 0.15) is 5.56 Å². The Balaban J connectivity index is 1.64. The summed E-state index contributed by atoms with van der Waals surface area (Å²) in [6.45, 7) is 0. The summed E-state index contributed by atoms with van der Waals surface area (Å²) in [6, 6.07) is 15.6. The fraction of sp³-hybridized carbons (Fsp3) is 0. The van der Waals surface area contributed by atoms with Gasteiger partial charge >= 0.3 is 0 Å². The molecule has 0 spiro atoms. The van der Waals surface area contributed by atoms with Gasteiger partial charge in [-0.3, -0.25) is 19.6 Å².